The number of cyclic esters (lactones) is 1. The summed E-state index contributed by atoms with van der Waals surface area (Å²) in [7, 11) is 0. The standard InChI is InChI=1S/C21H21NO4S/c1-27-11-10-19-20(23)26-13-22(19)21(24)25-12-18-16-8-4-2-6-14(16)15-7-3-5-9-17(15)18/h2-9,18-19H,10-13H2,1H3/t19-/m0/s1. The molecule has 0 spiro atoms. The molecule has 2 aromatic rings. The van der Waals surface area contributed by atoms with Crippen LogP contribution in [0.15, 0.2) is 48.5 Å². The van der Waals surface area contributed by atoms with Crippen molar-refractivity contribution in [2.24, 2.45) is 0 Å². The van der Waals surface area contributed by atoms with Gasteiger partial charge in [-0.2, -0.15) is 11.8 Å². The van der Waals surface area contributed by atoms with E-state index in [0.717, 1.165) is 5.75 Å². The summed E-state index contributed by atoms with van der Waals surface area (Å²) in [6.45, 7) is 0.210. The van der Waals surface area contributed by atoms with Gasteiger partial charge in [0.2, 0.25) is 0 Å². The van der Waals surface area contributed by atoms with E-state index in [1.807, 2.05) is 30.5 Å². The molecule has 1 saturated heterocycles. The summed E-state index contributed by atoms with van der Waals surface area (Å²) < 4.78 is 10.7. The zero-order chi connectivity index (χ0) is 18.8. The van der Waals surface area contributed by atoms with E-state index in [0.29, 0.717) is 6.42 Å². The lowest BCUT2D eigenvalue weighted by molar-refractivity contribution is -0.139. The molecule has 0 bridgehead atoms. The van der Waals surface area contributed by atoms with Gasteiger partial charge in [0.05, 0.1) is 0 Å². The summed E-state index contributed by atoms with van der Waals surface area (Å²) in [6, 6.07) is 15.9. The Balaban J connectivity index is 1.49. The molecule has 1 aliphatic carbocycles. The topological polar surface area (TPSA) is 55.8 Å². The van der Waals surface area contributed by atoms with Gasteiger partial charge in [-0.05, 0) is 40.7 Å². The number of benzene rings is 2. The molecule has 1 atom stereocenters. The van der Waals surface area contributed by atoms with Crippen molar-refractivity contribution in [1.29, 1.82) is 0 Å². The van der Waals surface area contributed by atoms with Crippen LogP contribution in [-0.2, 0) is 14.3 Å². The predicted molar refractivity (Wildman–Crippen MR) is 105 cm³/mol. The first kappa shape index (κ1) is 17.9. The zero-order valence-corrected chi connectivity index (χ0v) is 15.9. The van der Waals surface area contributed by atoms with Crippen LogP contribution in [0, 0.1) is 0 Å². The van der Waals surface area contributed by atoms with Gasteiger partial charge in [-0.1, -0.05) is 48.5 Å². The van der Waals surface area contributed by atoms with Crippen LogP contribution in [0.2, 0.25) is 0 Å². The average Bonchev–Trinajstić information content (AvgIpc) is 3.22. The van der Waals surface area contributed by atoms with E-state index in [2.05, 4.69) is 24.3 Å². The van der Waals surface area contributed by atoms with Gasteiger partial charge in [-0.3, -0.25) is 4.90 Å². The molecule has 0 radical (unpaired) electrons. The minimum Gasteiger partial charge on any atom is -0.448 e. The molecule has 27 heavy (non-hydrogen) atoms. The van der Waals surface area contributed by atoms with Crippen molar-refractivity contribution >= 4 is 23.8 Å². The molecule has 0 aromatic heterocycles. The third kappa shape index (κ3) is 3.30. The van der Waals surface area contributed by atoms with Crippen LogP contribution in [0.25, 0.3) is 11.1 Å². The number of nitrogens with zero attached hydrogens (tertiary/aromatic N) is 1. The summed E-state index contributed by atoms with van der Waals surface area (Å²) >= 11 is 1.64. The van der Waals surface area contributed by atoms with E-state index in [4.69, 9.17) is 9.47 Å². The smallest absolute Gasteiger partial charge is 0.413 e. The number of hydrogen-bond acceptors (Lipinski definition) is 5. The van der Waals surface area contributed by atoms with Gasteiger partial charge in [0.15, 0.2) is 6.73 Å². The Hall–Kier alpha value is -2.47. The van der Waals surface area contributed by atoms with Crippen LogP contribution in [0.5, 0.6) is 0 Å². The van der Waals surface area contributed by atoms with E-state index < -0.39 is 12.1 Å². The second-order valence-electron chi connectivity index (χ2n) is 6.66. The summed E-state index contributed by atoms with van der Waals surface area (Å²) in [6.07, 6.45) is 2.05. The van der Waals surface area contributed by atoms with Crippen molar-refractivity contribution in [2.75, 3.05) is 25.3 Å². The van der Waals surface area contributed by atoms with Crippen molar-refractivity contribution < 1.29 is 19.1 Å². The Labute approximate surface area is 162 Å². The van der Waals surface area contributed by atoms with Crippen molar-refractivity contribution in [3.63, 3.8) is 0 Å². The fraction of sp³-hybridized carbons (Fsp3) is 0.333. The Morgan fingerprint density at radius 2 is 1.78 bits per heavy atom. The lowest BCUT2D eigenvalue weighted by atomic mass is 9.98. The number of carbonyl (C=O) groups excluding carboxylic acids is 2. The lowest BCUT2D eigenvalue weighted by Crippen LogP contribution is -2.39. The molecule has 0 N–H and O–H groups in total. The van der Waals surface area contributed by atoms with Crippen LogP contribution in [-0.4, -0.2) is 48.4 Å². The van der Waals surface area contributed by atoms with Crippen molar-refractivity contribution in [1.82, 2.24) is 4.90 Å². The zero-order valence-electron chi connectivity index (χ0n) is 15.1. The summed E-state index contributed by atoms with van der Waals surface area (Å²) in [4.78, 5) is 25.9. The minimum absolute atomic E-state index is 0.00483. The van der Waals surface area contributed by atoms with Crippen molar-refractivity contribution in [2.45, 2.75) is 18.4 Å². The molecule has 140 valence electrons. The molecule has 0 unspecified atom stereocenters. The highest BCUT2D eigenvalue weighted by Crippen LogP contribution is 2.44. The van der Waals surface area contributed by atoms with Crippen LogP contribution < -0.4 is 0 Å². The fourth-order valence-electron chi connectivity index (χ4n) is 3.81. The van der Waals surface area contributed by atoms with Gasteiger partial charge in [0.1, 0.15) is 12.6 Å². The molecular weight excluding hydrogens is 362 g/mol. The number of ether oxygens (including phenoxy) is 2. The van der Waals surface area contributed by atoms with E-state index in [9.17, 15) is 9.59 Å². The number of hydrogen-bond donors (Lipinski definition) is 0. The Bertz CT molecular complexity index is 823. The number of thioether (sulfide) groups is 1. The first-order valence-corrected chi connectivity index (χ1v) is 10.4. The Kier molecular flexibility index (Phi) is 5.07. The summed E-state index contributed by atoms with van der Waals surface area (Å²) in [5.74, 6) is 0.440. The summed E-state index contributed by atoms with van der Waals surface area (Å²) in [5, 5.41) is 0. The quantitative estimate of drug-likeness (QED) is 0.734. The van der Waals surface area contributed by atoms with Crippen LogP contribution in [0.3, 0.4) is 0 Å². The summed E-state index contributed by atoms with van der Waals surface area (Å²) in [5.41, 5.74) is 4.71. The number of fused-ring (bicyclic) bond motifs is 3. The van der Waals surface area contributed by atoms with E-state index >= 15 is 0 Å². The molecular formula is C21H21NO4S. The number of esters is 1. The van der Waals surface area contributed by atoms with Gasteiger partial charge in [-0.25, -0.2) is 9.59 Å². The molecule has 1 fully saturated rings. The Morgan fingerprint density at radius 3 is 2.41 bits per heavy atom. The third-order valence-electron chi connectivity index (χ3n) is 5.16. The number of amides is 1. The third-order valence-corrected chi connectivity index (χ3v) is 5.80. The van der Waals surface area contributed by atoms with Crippen molar-refractivity contribution in [3.05, 3.63) is 59.7 Å². The van der Waals surface area contributed by atoms with Gasteiger partial charge in [0.25, 0.3) is 0 Å². The minimum atomic E-state index is -0.548. The van der Waals surface area contributed by atoms with E-state index in [1.165, 1.54) is 27.2 Å². The van der Waals surface area contributed by atoms with Crippen LogP contribution in [0.4, 0.5) is 4.79 Å². The highest BCUT2D eigenvalue weighted by Gasteiger charge is 2.39. The fourth-order valence-corrected chi connectivity index (χ4v) is 4.27. The second-order valence-corrected chi connectivity index (χ2v) is 7.65. The van der Waals surface area contributed by atoms with Gasteiger partial charge in [-0.15, -0.1) is 0 Å². The normalized spacial score (nSPS) is 18.2. The second kappa shape index (κ2) is 7.64. The highest BCUT2D eigenvalue weighted by molar-refractivity contribution is 7.98. The molecule has 2 aliphatic rings. The monoisotopic (exact) mass is 383 g/mol. The SMILES string of the molecule is CSCC[C@H]1C(=O)OCN1C(=O)OCC1c2ccccc2-c2ccccc21. The van der Waals surface area contributed by atoms with Crippen LogP contribution >= 0.6 is 11.8 Å². The van der Waals surface area contributed by atoms with E-state index in [1.54, 1.807) is 11.8 Å². The molecule has 1 aliphatic heterocycles. The number of rotatable bonds is 5. The first-order valence-electron chi connectivity index (χ1n) is 8.98. The molecule has 6 heteroatoms. The maximum Gasteiger partial charge on any atom is 0.413 e. The van der Waals surface area contributed by atoms with Crippen LogP contribution in [0.1, 0.15) is 23.5 Å². The number of carbonyl (C=O) groups is 2. The molecule has 5 nitrogen and oxygen atoms in total. The van der Waals surface area contributed by atoms with Gasteiger partial charge >= 0.3 is 12.1 Å². The average molecular weight is 383 g/mol. The van der Waals surface area contributed by atoms with Crippen molar-refractivity contribution in [3.8, 4) is 11.1 Å². The van der Waals surface area contributed by atoms with Gasteiger partial charge < -0.3 is 9.47 Å². The maximum atomic E-state index is 12.6. The van der Waals surface area contributed by atoms with E-state index in [-0.39, 0.29) is 25.2 Å². The molecule has 2 aromatic carbocycles. The highest BCUT2D eigenvalue weighted by atomic mass is 32.2. The first-order chi connectivity index (χ1) is 13.2. The molecule has 1 heterocycles. The molecule has 4 rings (SSSR count). The lowest BCUT2D eigenvalue weighted by Gasteiger charge is -2.21. The Morgan fingerprint density at radius 1 is 1.15 bits per heavy atom. The predicted octanol–water partition coefficient (Wildman–Crippen LogP) is 3.87. The maximum absolute atomic E-state index is 12.6. The van der Waals surface area contributed by atoms with Gasteiger partial charge in [0, 0.05) is 5.92 Å². The molecule has 0 saturated carbocycles. The molecule has 1 amide bonds. The largest absolute Gasteiger partial charge is 0.448 e.